The van der Waals surface area contributed by atoms with Crippen molar-refractivity contribution in [2.24, 2.45) is 0 Å². The molecule has 0 spiro atoms. The van der Waals surface area contributed by atoms with Gasteiger partial charge in [0.1, 0.15) is 11.5 Å². The Morgan fingerprint density at radius 1 is 1.33 bits per heavy atom. The van der Waals surface area contributed by atoms with E-state index >= 15 is 0 Å². The van der Waals surface area contributed by atoms with E-state index < -0.39 is 0 Å². The molecule has 1 unspecified atom stereocenters. The van der Waals surface area contributed by atoms with Gasteiger partial charge in [-0.2, -0.15) is 0 Å². The molecule has 0 aliphatic heterocycles. The lowest BCUT2D eigenvalue weighted by molar-refractivity contribution is 0.214. The highest BCUT2D eigenvalue weighted by molar-refractivity contribution is 5.05. The van der Waals surface area contributed by atoms with Crippen LogP contribution in [0.5, 0.6) is 0 Å². The van der Waals surface area contributed by atoms with Gasteiger partial charge in [0.15, 0.2) is 0 Å². The van der Waals surface area contributed by atoms with Crippen LogP contribution in [0.25, 0.3) is 0 Å². The van der Waals surface area contributed by atoms with Crippen molar-refractivity contribution in [2.75, 3.05) is 13.6 Å². The molecule has 1 heterocycles. The molecule has 1 aromatic heterocycles. The van der Waals surface area contributed by atoms with E-state index in [0.29, 0.717) is 6.04 Å². The van der Waals surface area contributed by atoms with Crippen molar-refractivity contribution >= 4 is 0 Å². The van der Waals surface area contributed by atoms with Crippen molar-refractivity contribution in [2.45, 2.75) is 59.2 Å². The lowest BCUT2D eigenvalue weighted by Crippen LogP contribution is -2.39. The summed E-state index contributed by atoms with van der Waals surface area (Å²) < 4.78 is 5.61. The first-order chi connectivity index (χ1) is 8.28. The first-order valence-electron chi connectivity index (χ1n) is 6.78. The Morgan fingerprint density at radius 3 is 2.50 bits per heavy atom. The molecule has 1 N–H and O–H groups in total. The Hall–Kier alpha value is -0.800. The van der Waals surface area contributed by atoms with Crippen LogP contribution >= 0.6 is 0 Å². The van der Waals surface area contributed by atoms with E-state index in [0.717, 1.165) is 31.0 Å². The van der Waals surface area contributed by atoms with Crippen LogP contribution in [0.15, 0.2) is 16.5 Å². The number of hydrogen-bond donors (Lipinski definition) is 1. The van der Waals surface area contributed by atoms with Crippen LogP contribution in [0.4, 0.5) is 0 Å². The van der Waals surface area contributed by atoms with E-state index in [9.17, 15) is 0 Å². The summed E-state index contributed by atoms with van der Waals surface area (Å²) in [4.78, 5) is 2.34. The molecule has 0 saturated heterocycles. The van der Waals surface area contributed by atoms with Crippen LogP contribution in [-0.4, -0.2) is 30.1 Å². The van der Waals surface area contributed by atoms with Crippen LogP contribution < -0.4 is 5.32 Å². The Morgan fingerprint density at radius 2 is 2.00 bits per heavy atom. The largest absolute Gasteiger partial charge is 0.465 e. The van der Waals surface area contributed by atoms with E-state index in [2.05, 4.69) is 51.0 Å². The van der Waals surface area contributed by atoms with Crippen molar-refractivity contribution in [1.29, 1.82) is 0 Å². The first kappa shape index (κ1) is 15.3. The second-order valence-electron chi connectivity index (χ2n) is 6.24. The van der Waals surface area contributed by atoms with Gasteiger partial charge in [0.25, 0.3) is 0 Å². The second kappa shape index (κ2) is 6.39. The minimum absolute atomic E-state index is 0.205. The summed E-state index contributed by atoms with van der Waals surface area (Å²) in [6, 6.07) is 4.63. The first-order valence-corrected chi connectivity index (χ1v) is 6.78. The topological polar surface area (TPSA) is 28.4 Å². The zero-order chi connectivity index (χ0) is 13.8. The number of furan rings is 1. The van der Waals surface area contributed by atoms with Crippen molar-refractivity contribution in [3.8, 4) is 0 Å². The Labute approximate surface area is 112 Å². The predicted octanol–water partition coefficient (Wildman–Crippen LogP) is 3.19. The monoisotopic (exact) mass is 252 g/mol. The van der Waals surface area contributed by atoms with Gasteiger partial charge >= 0.3 is 0 Å². The van der Waals surface area contributed by atoms with Crippen LogP contribution in [-0.2, 0) is 6.54 Å². The summed E-state index contributed by atoms with van der Waals surface area (Å²) in [6.07, 6.45) is 1.15. The molecule has 0 aliphatic carbocycles. The minimum Gasteiger partial charge on any atom is -0.465 e. The second-order valence-corrected chi connectivity index (χ2v) is 6.24. The quantitative estimate of drug-likeness (QED) is 0.843. The van der Waals surface area contributed by atoms with Crippen molar-refractivity contribution in [1.82, 2.24) is 10.2 Å². The van der Waals surface area contributed by atoms with E-state index in [1.54, 1.807) is 0 Å². The molecular formula is C15H28N2O. The molecule has 0 fully saturated rings. The fourth-order valence-corrected chi connectivity index (χ4v) is 1.85. The van der Waals surface area contributed by atoms with Gasteiger partial charge in [-0.15, -0.1) is 0 Å². The third-order valence-electron chi connectivity index (χ3n) is 3.17. The van der Waals surface area contributed by atoms with Gasteiger partial charge in [-0.25, -0.2) is 0 Å². The average molecular weight is 252 g/mol. The van der Waals surface area contributed by atoms with Gasteiger partial charge in [-0.3, -0.25) is 4.90 Å². The third-order valence-corrected chi connectivity index (χ3v) is 3.17. The summed E-state index contributed by atoms with van der Waals surface area (Å²) in [5, 5.41) is 3.53. The predicted molar refractivity (Wildman–Crippen MR) is 76.7 cm³/mol. The molecule has 0 saturated carbocycles. The number of rotatable bonds is 6. The third kappa shape index (κ3) is 5.69. The van der Waals surface area contributed by atoms with Gasteiger partial charge in [0.2, 0.25) is 0 Å². The zero-order valence-electron chi connectivity index (χ0n) is 12.7. The number of hydrogen-bond acceptors (Lipinski definition) is 3. The SMILES string of the molecule is Cc1ccc(CN(C)C(C)CCNC(C)(C)C)o1. The summed E-state index contributed by atoms with van der Waals surface area (Å²) in [7, 11) is 2.15. The fraction of sp³-hybridized carbons (Fsp3) is 0.733. The molecular weight excluding hydrogens is 224 g/mol. The maximum Gasteiger partial charge on any atom is 0.118 e. The highest BCUT2D eigenvalue weighted by atomic mass is 16.3. The van der Waals surface area contributed by atoms with Crippen LogP contribution in [0, 0.1) is 6.92 Å². The van der Waals surface area contributed by atoms with Crippen molar-refractivity contribution in [3.05, 3.63) is 23.7 Å². The Kier molecular flexibility index (Phi) is 5.42. The molecule has 3 nitrogen and oxygen atoms in total. The smallest absolute Gasteiger partial charge is 0.118 e. The highest BCUT2D eigenvalue weighted by Gasteiger charge is 2.13. The maximum atomic E-state index is 5.61. The molecule has 0 aromatic carbocycles. The summed E-state index contributed by atoms with van der Waals surface area (Å²) in [6.45, 7) is 12.8. The fourth-order valence-electron chi connectivity index (χ4n) is 1.85. The minimum atomic E-state index is 0.205. The molecule has 0 radical (unpaired) electrons. The van der Waals surface area contributed by atoms with Crippen LogP contribution in [0.3, 0.4) is 0 Å². The van der Waals surface area contributed by atoms with Crippen molar-refractivity contribution < 1.29 is 4.42 Å². The average Bonchev–Trinajstić information content (AvgIpc) is 2.61. The van der Waals surface area contributed by atoms with E-state index in [4.69, 9.17) is 4.42 Å². The standard InChI is InChI=1S/C15H28N2O/c1-12(9-10-16-15(3,4)5)17(6)11-14-8-7-13(2)18-14/h7-8,12,16H,9-11H2,1-6H3. The van der Waals surface area contributed by atoms with Gasteiger partial charge < -0.3 is 9.73 Å². The molecule has 3 heteroatoms. The number of aryl methyl sites for hydroxylation is 1. The summed E-state index contributed by atoms with van der Waals surface area (Å²) in [5.41, 5.74) is 0.205. The molecule has 18 heavy (non-hydrogen) atoms. The molecule has 0 amide bonds. The summed E-state index contributed by atoms with van der Waals surface area (Å²) >= 11 is 0. The number of nitrogens with one attached hydrogen (secondary N) is 1. The van der Waals surface area contributed by atoms with E-state index in [-0.39, 0.29) is 5.54 Å². The van der Waals surface area contributed by atoms with Gasteiger partial charge in [0, 0.05) is 11.6 Å². The van der Waals surface area contributed by atoms with Gasteiger partial charge in [-0.1, -0.05) is 0 Å². The lowest BCUT2D eigenvalue weighted by Gasteiger charge is -2.26. The van der Waals surface area contributed by atoms with Gasteiger partial charge in [0.05, 0.1) is 6.54 Å². The molecule has 0 bridgehead atoms. The van der Waals surface area contributed by atoms with Gasteiger partial charge in [-0.05, 0) is 66.8 Å². The molecule has 1 aromatic rings. The van der Waals surface area contributed by atoms with Crippen LogP contribution in [0.2, 0.25) is 0 Å². The van der Waals surface area contributed by atoms with E-state index in [1.807, 2.05) is 13.0 Å². The normalized spacial score (nSPS) is 14.2. The maximum absolute atomic E-state index is 5.61. The molecule has 1 atom stereocenters. The van der Waals surface area contributed by atoms with Crippen LogP contribution in [0.1, 0.15) is 45.6 Å². The molecule has 104 valence electrons. The Balaban J connectivity index is 2.30. The molecule has 0 aliphatic rings. The highest BCUT2D eigenvalue weighted by Crippen LogP contribution is 2.11. The Bertz CT molecular complexity index is 352. The number of nitrogens with zero attached hydrogens (tertiary/aromatic N) is 1. The molecule has 1 rings (SSSR count). The summed E-state index contributed by atoms with van der Waals surface area (Å²) in [5.74, 6) is 2.03. The zero-order valence-corrected chi connectivity index (χ0v) is 12.7. The van der Waals surface area contributed by atoms with Crippen molar-refractivity contribution in [3.63, 3.8) is 0 Å². The van der Waals surface area contributed by atoms with E-state index in [1.165, 1.54) is 0 Å². The lowest BCUT2D eigenvalue weighted by atomic mass is 10.1.